The molecule has 4 unspecified atom stereocenters. The van der Waals surface area contributed by atoms with Gasteiger partial charge in [0.05, 0.1) is 17.7 Å². The van der Waals surface area contributed by atoms with E-state index in [0.29, 0.717) is 5.92 Å². The second kappa shape index (κ2) is 11.9. The second-order valence-electron chi connectivity index (χ2n) is 13.2. The third-order valence-electron chi connectivity index (χ3n) is 9.59. The van der Waals surface area contributed by atoms with Gasteiger partial charge in [-0.15, -0.1) is 35.9 Å². The Morgan fingerprint density at radius 2 is 1.55 bits per heavy atom. The molecule has 2 aromatic carbocycles. The summed E-state index contributed by atoms with van der Waals surface area (Å²) >= 11 is 0. The summed E-state index contributed by atoms with van der Waals surface area (Å²) in [5.74, 6) is 1.34. The second-order valence-corrected chi connectivity index (χ2v) is 13.2. The minimum atomic E-state index is -0.350. The molecule has 3 aliphatic rings. The Bertz CT molecular complexity index is 1200. The van der Waals surface area contributed by atoms with Gasteiger partial charge in [0.1, 0.15) is 0 Å². The molecule has 4 heteroatoms. The van der Waals surface area contributed by atoms with Gasteiger partial charge < -0.3 is 10.2 Å². The molecule has 0 spiro atoms. The Hall–Kier alpha value is -1.58. The van der Waals surface area contributed by atoms with Gasteiger partial charge in [-0.25, -0.2) is 0 Å². The molecule has 0 saturated heterocycles. The van der Waals surface area contributed by atoms with Crippen LogP contribution in [0.1, 0.15) is 90.5 Å². The maximum atomic E-state index is 10.5. The molecule has 3 nitrogen and oxygen atoms in total. The Morgan fingerprint density at radius 3 is 2.26 bits per heavy atom. The van der Waals surface area contributed by atoms with E-state index in [9.17, 15) is 10.2 Å². The van der Waals surface area contributed by atoms with Gasteiger partial charge in [0.2, 0.25) is 0 Å². The molecular weight excluding hydrogens is 647 g/mol. The van der Waals surface area contributed by atoms with Gasteiger partial charge in [-0.2, -0.15) is 0 Å². The maximum Gasteiger partial charge on any atom is 0.0646 e. The van der Waals surface area contributed by atoms with Crippen molar-refractivity contribution in [3.05, 3.63) is 66.2 Å². The number of rotatable bonds is 2. The van der Waals surface area contributed by atoms with Crippen LogP contribution in [-0.2, 0) is 20.1 Å². The Balaban J connectivity index is 0.000000179. The van der Waals surface area contributed by atoms with Crippen LogP contribution in [-0.4, -0.2) is 27.4 Å². The van der Waals surface area contributed by atoms with Crippen molar-refractivity contribution in [3.8, 4) is 11.3 Å². The van der Waals surface area contributed by atoms with E-state index >= 15 is 0 Å². The molecule has 6 rings (SSSR count). The average Bonchev–Trinajstić information content (AvgIpc) is 3.48. The van der Waals surface area contributed by atoms with Crippen LogP contribution in [0.25, 0.3) is 22.2 Å². The average molecular weight is 691 g/mol. The van der Waals surface area contributed by atoms with E-state index in [4.69, 9.17) is 4.98 Å². The fourth-order valence-corrected chi connectivity index (χ4v) is 7.28. The predicted molar refractivity (Wildman–Crippen MR) is 152 cm³/mol. The van der Waals surface area contributed by atoms with Crippen molar-refractivity contribution >= 4 is 10.9 Å². The summed E-state index contributed by atoms with van der Waals surface area (Å²) in [5, 5.41) is 22.2. The Labute approximate surface area is 242 Å². The van der Waals surface area contributed by atoms with E-state index in [0.717, 1.165) is 35.5 Å². The third-order valence-corrected chi connectivity index (χ3v) is 9.59. The van der Waals surface area contributed by atoms with Crippen LogP contribution in [0.2, 0.25) is 0 Å². The van der Waals surface area contributed by atoms with Crippen molar-refractivity contribution in [2.75, 3.05) is 0 Å². The molecule has 2 N–H and O–H groups in total. The molecule has 207 valence electrons. The van der Waals surface area contributed by atoms with E-state index in [1.54, 1.807) is 0 Å². The SMILES string of the molecule is CC1(C)CCCC2CC(C)(C)C(O)C2C1O.[Ir].[c-]1ccccc1-c1ccc2ccc(C3CCCC3)cc2n1. The van der Waals surface area contributed by atoms with Crippen LogP contribution in [0.3, 0.4) is 0 Å². The first-order chi connectivity index (χ1) is 17.7. The number of nitrogens with zero attached hydrogens (tertiary/aromatic N) is 1. The summed E-state index contributed by atoms with van der Waals surface area (Å²) in [5.41, 5.74) is 4.57. The zero-order valence-corrected chi connectivity index (χ0v) is 25.8. The largest absolute Gasteiger partial charge is 0.392 e. The van der Waals surface area contributed by atoms with Gasteiger partial charge in [-0.05, 0) is 77.5 Å². The fraction of sp³-hybridized carbons (Fsp3) is 0.559. The van der Waals surface area contributed by atoms with Crippen LogP contribution >= 0.6 is 0 Å². The van der Waals surface area contributed by atoms with Crippen molar-refractivity contribution in [1.82, 2.24) is 4.98 Å². The van der Waals surface area contributed by atoms with Crippen LogP contribution in [0, 0.1) is 28.7 Å². The molecule has 38 heavy (non-hydrogen) atoms. The molecule has 3 aromatic rings. The summed E-state index contributed by atoms with van der Waals surface area (Å²) in [6, 6.07) is 22.3. The van der Waals surface area contributed by atoms with Crippen LogP contribution < -0.4 is 0 Å². The number of aromatic nitrogens is 1. The van der Waals surface area contributed by atoms with E-state index in [2.05, 4.69) is 70.2 Å². The minimum absolute atomic E-state index is 0. The Morgan fingerprint density at radius 1 is 0.842 bits per heavy atom. The summed E-state index contributed by atoms with van der Waals surface area (Å²) in [6.45, 7) is 8.54. The first kappa shape index (κ1) is 29.4. The summed E-state index contributed by atoms with van der Waals surface area (Å²) in [7, 11) is 0. The molecule has 0 aliphatic heterocycles. The predicted octanol–water partition coefficient (Wildman–Crippen LogP) is 7.94. The van der Waals surface area contributed by atoms with Crippen LogP contribution in [0.4, 0.5) is 0 Å². The molecule has 3 fully saturated rings. The Kier molecular flexibility index (Phi) is 9.20. The number of pyridine rings is 1. The van der Waals surface area contributed by atoms with Crippen molar-refractivity contribution in [1.29, 1.82) is 0 Å². The molecule has 1 heterocycles. The molecule has 4 atom stereocenters. The standard InChI is InChI=1S/C20H18N.C14H26O2.Ir/c1-2-8-16(9-3-1)19-13-12-17-10-11-18(14-20(17)21-19)15-6-4-5-7-15;1-13(2)7-5-6-9-8-14(3,4)12(16)10(9)11(13)15;/h1-3,8,10-15H,4-7H2;9-12,15-16H,5-8H2,1-4H3;/q-1;;. The first-order valence-electron chi connectivity index (χ1n) is 14.4. The van der Waals surface area contributed by atoms with Gasteiger partial charge in [-0.3, -0.25) is 4.98 Å². The molecule has 0 amide bonds. The van der Waals surface area contributed by atoms with Gasteiger partial charge >= 0.3 is 0 Å². The molecule has 3 aliphatic carbocycles. The summed E-state index contributed by atoms with van der Waals surface area (Å²) in [4.78, 5) is 4.85. The van der Waals surface area contributed by atoms with E-state index in [1.165, 1.54) is 49.5 Å². The van der Waals surface area contributed by atoms with Gasteiger partial charge in [0.25, 0.3) is 0 Å². The zero-order valence-electron chi connectivity index (χ0n) is 23.4. The number of fused-ring (bicyclic) bond motifs is 2. The number of benzene rings is 2. The van der Waals surface area contributed by atoms with Crippen LogP contribution in [0.15, 0.2) is 54.6 Å². The van der Waals surface area contributed by atoms with Gasteiger partial charge in [0.15, 0.2) is 0 Å². The number of hydrogen-bond donors (Lipinski definition) is 2. The van der Waals surface area contributed by atoms with E-state index in [-0.39, 0.29) is 49.1 Å². The van der Waals surface area contributed by atoms with Crippen molar-refractivity contribution in [2.45, 2.75) is 97.2 Å². The minimum Gasteiger partial charge on any atom is -0.392 e. The van der Waals surface area contributed by atoms with Crippen molar-refractivity contribution in [2.24, 2.45) is 22.7 Å². The molecule has 0 bridgehead atoms. The van der Waals surface area contributed by atoms with E-state index < -0.39 is 0 Å². The quantitative estimate of drug-likeness (QED) is 0.269. The topological polar surface area (TPSA) is 53.4 Å². The fourth-order valence-electron chi connectivity index (χ4n) is 7.28. The smallest absolute Gasteiger partial charge is 0.0646 e. The maximum absolute atomic E-state index is 10.5. The molecular formula is C34H44IrNO2-. The zero-order chi connectivity index (χ0) is 26.2. The van der Waals surface area contributed by atoms with Gasteiger partial charge in [0, 0.05) is 26.0 Å². The van der Waals surface area contributed by atoms with Crippen molar-refractivity contribution in [3.63, 3.8) is 0 Å². The third kappa shape index (κ3) is 6.09. The molecule has 1 radical (unpaired) electrons. The van der Waals surface area contributed by atoms with Gasteiger partial charge in [-0.1, -0.05) is 71.2 Å². The van der Waals surface area contributed by atoms with Crippen molar-refractivity contribution < 1.29 is 30.3 Å². The molecule has 1 aromatic heterocycles. The molecule has 3 saturated carbocycles. The van der Waals surface area contributed by atoms with Crippen LogP contribution in [0.5, 0.6) is 0 Å². The number of aliphatic hydroxyl groups excluding tert-OH is 2. The number of aliphatic hydroxyl groups is 2. The summed E-state index contributed by atoms with van der Waals surface area (Å²) < 4.78 is 0. The first-order valence-corrected chi connectivity index (χ1v) is 14.4. The number of hydrogen-bond acceptors (Lipinski definition) is 3. The monoisotopic (exact) mass is 691 g/mol. The van der Waals surface area contributed by atoms with E-state index in [1.807, 2.05) is 18.2 Å². The normalized spacial score (nSPS) is 28.1. The summed E-state index contributed by atoms with van der Waals surface area (Å²) in [6.07, 6.45) is 9.21.